The molecule has 0 spiro atoms. The number of carbonyl (C=O) groups is 1. The van der Waals surface area contributed by atoms with Crippen LogP contribution in [0.2, 0.25) is 0 Å². The summed E-state index contributed by atoms with van der Waals surface area (Å²) in [6.45, 7) is 0. The van der Waals surface area contributed by atoms with Gasteiger partial charge in [-0.2, -0.15) is 0 Å². The molecule has 0 aliphatic carbocycles. The highest BCUT2D eigenvalue weighted by atomic mass is 35.5. The summed E-state index contributed by atoms with van der Waals surface area (Å²) in [7, 11) is 0. The summed E-state index contributed by atoms with van der Waals surface area (Å²) in [5, 5.41) is 10.5. The van der Waals surface area contributed by atoms with Gasteiger partial charge in [-0.05, 0) is 12.1 Å². The van der Waals surface area contributed by atoms with Gasteiger partial charge in [0.25, 0.3) is 5.69 Å². The first kappa shape index (κ1) is 10.4. The predicted octanol–water partition coefficient (Wildman–Crippen LogP) is 2.37. The Labute approximate surface area is 85.0 Å². The molecule has 0 unspecified atom stereocenters. The van der Waals surface area contributed by atoms with Gasteiger partial charge in [0.05, 0.1) is 15.5 Å². The molecule has 0 amide bonds. The van der Waals surface area contributed by atoms with Gasteiger partial charge in [0.15, 0.2) is 6.29 Å². The second-order valence-electron chi connectivity index (χ2n) is 2.46. The first-order valence-electron chi connectivity index (χ1n) is 3.71. The van der Waals surface area contributed by atoms with Gasteiger partial charge in [0.2, 0.25) is 0 Å². The lowest BCUT2D eigenvalue weighted by Gasteiger charge is -1.95. The van der Waals surface area contributed by atoms with Crippen molar-refractivity contribution in [1.29, 1.82) is 0 Å². The van der Waals surface area contributed by atoms with Gasteiger partial charge in [-0.25, -0.2) is 0 Å². The molecule has 1 aromatic carbocycles. The van der Waals surface area contributed by atoms with Gasteiger partial charge in [-0.15, -0.1) is 0 Å². The van der Waals surface area contributed by atoms with E-state index in [0.717, 1.165) is 0 Å². The molecule has 0 N–H and O–H groups in total. The zero-order valence-corrected chi connectivity index (χ0v) is 7.77. The topological polar surface area (TPSA) is 60.2 Å². The van der Waals surface area contributed by atoms with Gasteiger partial charge in [-0.1, -0.05) is 23.7 Å². The van der Waals surface area contributed by atoms with Gasteiger partial charge < -0.3 is 0 Å². The van der Waals surface area contributed by atoms with E-state index in [1.54, 1.807) is 12.1 Å². The number of nitro benzene ring substituents is 1. The van der Waals surface area contributed by atoms with Gasteiger partial charge >= 0.3 is 0 Å². The average molecular weight is 212 g/mol. The van der Waals surface area contributed by atoms with E-state index in [2.05, 4.69) is 0 Å². The van der Waals surface area contributed by atoms with E-state index in [-0.39, 0.29) is 10.7 Å². The normalized spacial score (nSPS) is 11.1. The van der Waals surface area contributed by atoms with E-state index >= 15 is 0 Å². The van der Waals surface area contributed by atoms with E-state index in [4.69, 9.17) is 11.6 Å². The lowest BCUT2D eigenvalue weighted by molar-refractivity contribution is -0.385. The summed E-state index contributed by atoms with van der Waals surface area (Å²) in [5.74, 6) is 0. The third-order valence-electron chi connectivity index (χ3n) is 1.54. The van der Waals surface area contributed by atoms with Crippen LogP contribution in [0, 0.1) is 10.1 Å². The van der Waals surface area contributed by atoms with Crippen molar-refractivity contribution in [2.75, 3.05) is 0 Å². The molecule has 0 atom stereocenters. The smallest absolute Gasteiger partial charge is 0.276 e. The molecule has 0 radical (unpaired) electrons. The van der Waals surface area contributed by atoms with Crippen molar-refractivity contribution in [3.8, 4) is 0 Å². The fourth-order valence-corrected chi connectivity index (χ4v) is 1.08. The highest BCUT2D eigenvalue weighted by molar-refractivity contribution is 6.40. The molecule has 0 fully saturated rings. The lowest BCUT2D eigenvalue weighted by atomic mass is 10.1. The molecule has 1 rings (SSSR count). The molecule has 0 saturated carbocycles. The SMILES string of the molecule is O=C/C(Cl)=C/c1ccccc1[N+](=O)[O-]. The van der Waals surface area contributed by atoms with Crippen LogP contribution in [0.15, 0.2) is 29.3 Å². The Morgan fingerprint density at radius 3 is 2.64 bits per heavy atom. The van der Waals surface area contributed by atoms with Crippen molar-refractivity contribution >= 4 is 29.7 Å². The number of hydrogen-bond donors (Lipinski definition) is 0. The third-order valence-corrected chi connectivity index (χ3v) is 1.74. The maximum absolute atomic E-state index is 10.5. The monoisotopic (exact) mass is 211 g/mol. The van der Waals surface area contributed by atoms with Crippen LogP contribution in [-0.4, -0.2) is 11.2 Å². The summed E-state index contributed by atoms with van der Waals surface area (Å²) in [4.78, 5) is 20.2. The maximum atomic E-state index is 10.5. The van der Waals surface area contributed by atoms with Crippen LogP contribution in [0.25, 0.3) is 6.08 Å². The van der Waals surface area contributed by atoms with Crippen LogP contribution in [0.5, 0.6) is 0 Å². The molecular formula is C9H6ClNO3. The molecule has 0 heterocycles. The molecule has 1 aromatic rings. The minimum atomic E-state index is -0.527. The molecule has 14 heavy (non-hydrogen) atoms. The molecule has 0 aliphatic rings. The number of para-hydroxylation sites is 1. The van der Waals surface area contributed by atoms with Crippen molar-refractivity contribution < 1.29 is 9.72 Å². The summed E-state index contributed by atoms with van der Waals surface area (Å²) >= 11 is 5.45. The Morgan fingerprint density at radius 2 is 2.07 bits per heavy atom. The van der Waals surface area contributed by atoms with Crippen molar-refractivity contribution in [3.63, 3.8) is 0 Å². The Hall–Kier alpha value is -1.68. The van der Waals surface area contributed by atoms with Crippen molar-refractivity contribution in [2.24, 2.45) is 0 Å². The average Bonchev–Trinajstić information content (AvgIpc) is 2.18. The van der Waals surface area contributed by atoms with E-state index in [1.165, 1.54) is 18.2 Å². The number of rotatable bonds is 3. The van der Waals surface area contributed by atoms with Crippen LogP contribution in [0.3, 0.4) is 0 Å². The summed E-state index contributed by atoms with van der Waals surface area (Å²) < 4.78 is 0. The second kappa shape index (κ2) is 4.53. The number of aldehydes is 1. The number of halogens is 1. The highest BCUT2D eigenvalue weighted by Gasteiger charge is 2.09. The molecular weight excluding hydrogens is 206 g/mol. The van der Waals surface area contributed by atoms with Crippen molar-refractivity contribution in [2.45, 2.75) is 0 Å². The maximum Gasteiger partial charge on any atom is 0.276 e. The fraction of sp³-hybridized carbons (Fsp3) is 0. The molecule has 0 aliphatic heterocycles. The number of nitro groups is 1. The Morgan fingerprint density at radius 1 is 1.43 bits per heavy atom. The standard InChI is InChI=1S/C9H6ClNO3/c10-8(6-12)5-7-3-1-2-4-9(7)11(13)14/h1-6H/b8-5-. The lowest BCUT2D eigenvalue weighted by Crippen LogP contribution is -1.90. The van der Waals surface area contributed by atoms with Crippen molar-refractivity contribution in [1.82, 2.24) is 0 Å². The minimum absolute atomic E-state index is 0.0701. The highest BCUT2D eigenvalue weighted by Crippen LogP contribution is 2.20. The largest absolute Gasteiger partial charge is 0.297 e. The van der Waals surface area contributed by atoms with Crippen LogP contribution >= 0.6 is 11.6 Å². The molecule has 0 bridgehead atoms. The van der Waals surface area contributed by atoms with Gasteiger partial charge in [0, 0.05) is 6.07 Å². The van der Waals surface area contributed by atoms with Crippen molar-refractivity contribution in [3.05, 3.63) is 45.0 Å². The van der Waals surface area contributed by atoms with E-state index in [1.807, 2.05) is 0 Å². The predicted molar refractivity (Wildman–Crippen MR) is 53.0 cm³/mol. The number of allylic oxidation sites excluding steroid dienone is 1. The first-order chi connectivity index (χ1) is 6.65. The molecule has 4 nitrogen and oxygen atoms in total. The second-order valence-corrected chi connectivity index (χ2v) is 2.90. The Kier molecular flexibility index (Phi) is 3.36. The van der Waals surface area contributed by atoms with E-state index in [0.29, 0.717) is 11.8 Å². The summed E-state index contributed by atoms with van der Waals surface area (Å²) in [6.07, 6.45) is 1.69. The van der Waals surface area contributed by atoms with Gasteiger partial charge in [-0.3, -0.25) is 14.9 Å². The number of benzene rings is 1. The quantitative estimate of drug-likeness (QED) is 0.334. The number of hydrogen-bond acceptors (Lipinski definition) is 3. The van der Waals surface area contributed by atoms with Crippen LogP contribution in [0.1, 0.15) is 5.56 Å². The van der Waals surface area contributed by atoms with Gasteiger partial charge in [0.1, 0.15) is 0 Å². The summed E-state index contributed by atoms with van der Waals surface area (Å²) in [5.41, 5.74) is 0.238. The molecule has 72 valence electrons. The van der Waals surface area contributed by atoms with Crippen LogP contribution in [0.4, 0.5) is 5.69 Å². The zero-order chi connectivity index (χ0) is 10.6. The van der Waals surface area contributed by atoms with E-state index < -0.39 is 4.92 Å². The molecule has 0 saturated heterocycles. The first-order valence-corrected chi connectivity index (χ1v) is 4.08. The number of carbonyl (C=O) groups excluding carboxylic acids is 1. The Bertz CT molecular complexity index is 401. The summed E-state index contributed by atoms with van der Waals surface area (Å²) in [6, 6.07) is 6.04. The fourth-order valence-electron chi connectivity index (χ4n) is 0.958. The van der Waals surface area contributed by atoms with Crippen LogP contribution < -0.4 is 0 Å². The van der Waals surface area contributed by atoms with E-state index in [9.17, 15) is 14.9 Å². The Balaban J connectivity index is 3.20. The minimum Gasteiger partial charge on any atom is -0.297 e. The third kappa shape index (κ3) is 2.40. The zero-order valence-electron chi connectivity index (χ0n) is 7.01. The molecule has 5 heteroatoms. The molecule has 0 aromatic heterocycles. The number of nitrogens with zero attached hydrogens (tertiary/aromatic N) is 1. The van der Waals surface area contributed by atoms with Crippen LogP contribution in [-0.2, 0) is 4.79 Å².